The van der Waals surface area contributed by atoms with Gasteiger partial charge in [-0.3, -0.25) is 4.68 Å². The average Bonchev–Trinajstić information content (AvgIpc) is 2.96. The molecule has 0 aromatic carbocycles. The zero-order valence-electron chi connectivity index (χ0n) is 17.3. The smallest absolute Gasteiger partial charge is 0.356 e. The minimum absolute atomic E-state index is 0.128. The van der Waals surface area contributed by atoms with Gasteiger partial charge >= 0.3 is 5.97 Å². The number of esters is 1. The number of ether oxygens (including phenoxy) is 3. The van der Waals surface area contributed by atoms with Gasteiger partial charge in [0, 0.05) is 32.7 Å². The van der Waals surface area contributed by atoms with Gasteiger partial charge in [-0.1, -0.05) is 12.8 Å². The van der Waals surface area contributed by atoms with Crippen LogP contribution in [0.2, 0.25) is 0 Å². The van der Waals surface area contributed by atoms with E-state index in [0.29, 0.717) is 32.3 Å². The normalized spacial score (nSPS) is 20.4. The van der Waals surface area contributed by atoms with Crippen molar-refractivity contribution in [2.45, 2.75) is 58.9 Å². The van der Waals surface area contributed by atoms with Gasteiger partial charge in [0.05, 0.1) is 19.8 Å². The van der Waals surface area contributed by atoms with Crippen molar-refractivity contribution in [2.75, 3.05) is 33.5 Å². The first-order valence-electron chi connectivity index (χ1n) is 9.99. The van der Waals surface area contributed by atoms with Gasteiger partial charge in [-0.05, 0) is 38.5 Å². The van der Waals surface area contributed by atoms with E-state index in [-0.39, 0.29) is 29.5 Å². The Balaban J connectivity index is 2.23. The van der Waals surface area contributed by atoms with Crippen LogP contribution in [0.3, 0.4) is 0 Å². The topological polar surface area (TPSA) is 62.6 Å². The van der Waals surface area contributed by atoms with E-state index in [1.807, 2.05) is 0 Å². The standard InChI is InChI=1S/C20H32F2N2O4/c1-5-28-19(25)17-14(2)18(20(3,21)22)23-24(17)12-15-8-6-7-9-16(15)13-27-11-10-26-4/h15-16H,5-13H2,1-4H3/t15-,16+/m0/s1. The molecule has 0 bridgehead atoms. The Morgan fingerprint density at radius 2 is 1.93 bits per heavy atom. The molecule has 1 aliphatic rings. The zero-order chi connectivity index (χ0) is 20.7. The maximum atomic E-state index is 14.0. The molecule has 1 aromatic rings. The number of hydrogen-bond donors (Lipinski definition) is 0. The summed E-state index contributed by atoms with van der Waals surface area (Å²) < 4.78 is 45.2. The van der Waals surface area contributed by atoms with Gasteiger partial charge in [-0.2, -0.15) is 13.9 Å². The number of alkyl halides is 2. The highest BCUT2D eigenvalue weighted by Gasteiger charge is 2.36. The van der Waals surface area contributed by atoms with Crippen LogP contribution < -0.4 is 0 Å². The van der Waals surface area contributed by atoms with E-state index in [1.54, 1.807) is 14.0 Å². The molecule has 0 saturated heterocycles. The van der Waals surface area contributed by atoms with Gasteiger partial charge in [0.1, 0.15) is 11.4 Å². The highest BCUT2D eigenvalue weighted by atomic mass is 19.3. The number of hydrogen-bond acceptors (Lipinski definition) is 5. The Bertz CT molecular complexity index is 643. The molecule has 0 radical (unpaired) electrons. The molecule has 8 heteroatoms. The molecule has 1 fully saturated rings. The lowest BCUT2D eigenvalue weighted by atomic mass is 9.79. The summed E-state index contributed by atoms with van der Waals surface area (Å²) in [5, 5.41) is 4.13. The molecule has 1 aromatic heterocycles. The van der Waals surface area contributed by atoms with Crippen molar-refractivity contribution in [3.8, 4) is 0 Å². The number of carbonyl (C=O) groups excluding carboxylic acids is 1. The molecule has 1 saturated carbocycles. The van der Waals surface area contributed by atoms with Crippen LogP contribution in [0.4, 0.5) is 8.78 Å². The molecule has 0 N–H and O–H groups in total. The number of halogens is 2. The molecule has 1 aliphatic carbocycles. The van der Waals surface area contributed by atoms with Crippen LogP contribution in [-0.2, 0) is 26.7 Å². The van der Waals surface area contributed by atoms with Gasteiger partial charge < -0.3 is 14.2 Å². The fourth-order valence-corrected chi connectivity index (χ4v) is 3.90. The second-order valence-corrected chi connectivity index (χ2v) is 7.49. The Labute approximate surface area is 165 Å². The summed E-state index contributed by atoms with van der Waals surface area (Å²) in [6.07, 6.45) is 4.17. The minimum Gasteiger partial charge on any atom is -0.461 e. The third-order valence-electron chi connectivity index (χ3n) is 5.31. The highest BCUT2D eigenvalue weighted by molar-refractivity contribution is 5.89. The van der Waals surface area contributed by atoms with Crippen molar-refractivity contribution in [1.29, 1.82) is 0 Å². The molecule has 2 rings (SSSR count). The van der Waals surface area contributed by atoms with Gasteiger partial charge in [0.25, 0.3) is 5.92 Å². The lowest BCUT2D eigenvalue weighted by molar-refractivity contribution is 0.0103. The summed E-state index contributed by atoms with van der Waals surface area (Å²) in [4.78, 5) is 12.4. The summed E-state index contributed by atoms with van der Waals surface area (Å²) >= 11 is 0. The second kappa shape index (κ2) is 10.3. The van der Waals surface area contributed by atoms with Crippen LogP contribution in [0.1, 0.15) is 61.3 Å². The summed E-state index contributed by atoms with van der Waals surface area (Å²) in [6, 6.07) is 0. The maximum Gasteiger partial charge on any atom is 0.356 e. The van der Waals surface area contributed by atoms with Gasteiger partial charge in [0.15, 0.2) is 0 Å². The fraction of sp³-hybridized carbons (Fsp3) is 0.800. The Kier molecular flexibility index (Phi) is 8.37. The van der Waals surface area contributed by atoms with Crippen molar-refractivity contribution in [1.82, 2.24) is 9.78 Å². The molecular weight excluding hydrogens is 370 g/mol. The second-order valence-electron chi connectivity index (χ2n) is 7.49. The summed E-state index contributed by atoms with van der Waals surface area (Å²) in [5.41, 5.74) is -0.0445. The van der Waals surface area contributed by atoms with Crippen molar-refractivity contribution < 1.29 is 27.8 Å². The SMILES string of the molecule is CCOC(=O)c1c(C)c(C(C)(F)F)nn1C[C@@H]1CCCC[C@@H]1COCCOC. The van der Waals surface area contributed by atoms with E-state index in [0.717, 1.165) is 32.6 Å². The molecule has 0 amide bonds. The number of carbonyl (C=O) groups is 1. The predicted molar refractivity (Wildman–Crippen MR) is 101 cm³/mol. The summed E-state index contributed by atoms with van der Waals surface area (Å²) in [5.74, 6) is -3.21. The lowest BCUT2D eigenvalue weighted by Gasteiger charge is -2.31. The highest BCUT2D eigenvalue weighted by Crippen LogP contribution is 2.34. The number of nitrogens with zero attached hydrogens (tertiary/aromatic N) is 2. The molecule has 6 nitrogen and oxygen atoms in total. The average molecular weight is 402 g/mol. The van der Waals surface area contributed by atoms with E-state index < -0.39 is 11.9 Å². The van der Waals surface area contributed by atoms with E-state index >= 15 is 0 Å². The van der Waals surface area contributed by atoms with Crippen LogP contribution in [0.15, 0.2) is 0 Å². The van der Waals surface area contributed by atoms with Crippen LogP contribution >= 0.6 is 0 Å². The van der Waals surface area contributed by atoms with Gasteiger partial charge in [0.2, 0.25) is 0 Å². The van der Waals surface area contributed by atoms with Crippen LogP contribution in [0.25, 0.3) is 0 Å². The van der Waals surface area contributed by atoms with E-state index in [1.165, 1.54) is 11.6 Å². The van der Waals surface area contributed by atoms with Crippen LogP contribution in [0.5, 0.6) is 0 Å². The Morgan fingerprint density at radius 3 is 2.54 bits per heavy atom. The number of methoxy groups -OCH3 is 1. The Hall–Kier alpha value is -1.54. The van der Waals surface area contributed by atoms with Crippen molar-refractivity contribution in [2.24, 2.45) is 11.8 Å². The molecular formula is C20H32F2N2O4. The van der Waals surface area contributed by atoms with Gasteiger partial charge in [-0.15, -0.1) is 0 Å². The van der Waals surface area contributed by atoms with Crippen molar-refractivity contribution in [3.05, 3.63) is 17.0 Å². The third-order valence-corrected chi connectivity index (χ3v) is 5.31. The molecule has 160 valence electrons. The summed E-state index contributed by atoms with van der Waals surface area (Å²) in [7, 11) is 1.63. The van der Waals surface area contributed by atoms with Gasteiger partial charge in [-0.25, -0.2) is 4.79 Å². The minimum atomic E-state index is -3.12. The first-order chi connectivity index (χ1) is 13.3. The first-order valence-corrected chi connectivity index (χ1v) is 9.99. The van der Waals surface area contributed by atoms with Crippen molar-refractivity contribution in [3.63, 3.8) is 0 Å². The van der Waals surface area contributed by atoms with Crippen LogP contribution in [-0.4, -0.2) is 49.3 Å². The fourth-order valence-electron chi connectivity index (χ4n) is 3.90. The molecule has 0 spiro atoms. The van der Waals surface area contributed by atoms with E-state index in [4.69, 9.17) is 14.2 Å². The maximum absolute atomic E-state index is 14.0. The molecule has 2 atom stereocenters. The third kappa shape index (κ3) is 5.73. The Morgan fingerprint density at radius 1 is 1.25 bits per heavy atom. The molecule has 0 unspecified atom stereocenters. The van der Waals surface area contributed by atoms with E-state index in [9.17, 15) is 13.6 Å². The quantitative estimate of drug-likeness (QED) is 0.438. The molecule has 28 heavy (non-hydrogen) atoms. The first kappa shape index (κ1) is 22.7. The summed E-state index contributed by atoms with van der Waals surface area (Å²) in [6.45, 7) is 6.25. The van der Waals surface area contributed by atoms with Crippen LogP contribution in [0, 0.1) is 18.8 Å². The predicted octanol–water partition coefficient (Wildman–Crippen LogP) is 3.95. The van der Waals surface area contributed by atoms with Crippen molar-refractivity contribution >= 4 is 5.97 Å². The lowest BCUT2D eigenvalue weighted by Crippen LogP contribution is -2.30. The molecule has 1 heterocycles. The van der Waals surface area contributed by atoms with E-state index in [2.05, 4.69) is 5.10 Å². The molecule has 0 aliphatic heterocycles. The largest absolute Gasteiger partial charge is 0.461 e. The zero-order valence-corrected chi connectivity index (χ0v) is 17.3. The monoisotopic (exact) mass is 402 g/mol. The number of rotatable bonds is 10. The number of aromatic nitrogens is 2.